The van der Waals surface area contributed by atoms with E-state index in [0.29, 0.717) is 12.4 Å². The van der Waals surface area contributed by atoms with Crippen molar-refractivity contribution in [3.63, 3.8) is 0 Å². The van der Waals surface area contributed by atoms with Crippen molar-refractivity contribution >= 4 is 34.5 Å². The lowest BCUT2D eigenvalue weighted by atomic mass is 10.0. The Morgan fingerprint density at radius 1 is 1.17 bits per heavy atom. The summed E-state index contributed by atoms with van der Waals surface area (Å²) in [6, 6.07) is 8.38. The first-order chi connectivity index (χ1) is 14.0. The van der Waals surface area contributed by atoms with Crippen LogP contribution in [0, 0.1) is 6.92 Å². The van der Waals surface area contributed by atoms with Gasteiger partial charge in [0, 0.05) is 42.2 Å². The quantitative estimate of drug-likeness (QED) is 0.623. The topological polar surface area (TPSA) is 66.0 Å². The van der Waals surface area contributed by atoms with E-state index in [4.69, 9.17) is 17.2 Å². The zero-order valence-corrected chi connectivity index (χ0v) is 17.7. The number of benzene rings is 1. The molecule has 0 amide bonds. The average Bonchev–Trinajstić information content (AvgIpc) is 2.81. The average molecular weight is 405 g/mol. The standard InChI is InChI=1S/C22H24N6S/c1-14-4-5-18-19(8-14)26-20(29)10-16-12-24-22(27-21(16)18)25-17-9-15(11-23-13-17)6-7-28(2)3/h4-5,8-9,11-13H,6-7,10H2,1-3H3,(H,26,29)(H,24,25,27). The van der Waals surface area contributed by atoms with E-state index in [1.807, 2.05) is 12.4 Å². The zero-order valence-electron chi connectivity index (χ0n) is 16.9. The third kappa shape index (κ3) is 4.58. The van der Waals surface area contributed by atoms with Crippen molar-refractivity contribution in [1.29, 1.82) is 0 Å². The van der Waals surface area contributed by atoms with Crippen LogP contribution in [0.5, 0.6) is 0 Å². The molecule has 0 fully saturated rings. The summed E-state index contributed by atoms with van der Waals surface area (Å²) in [5.41, 5.74) is 7.19. The van der Waals surface area contributed by atoms with Crippen LogP contribution in [0.25, 0.3) is 11.3 Å². The van der Waals surface area contributed by atoms with E-state index < -0.39 is 0 Å². The molecular weight excluding hydrogens is 380 g/mol. The molecule has 0 spiro atoms. The van der Waals surface area contributed by atoms with E-state index in [1.54, 1.807) is 6.20 Å². The molecule has 0 saturated carbocycles. The fraction of sp³-hybridized carbons (Fsp3) is 0.273. The Kier molecular flexibility index (Phi) is 5.51. The van der Waals surface area contributed by atoms with Crippen LogP contribution in [0.4, 0.5) is 17.3 Å². The maximum atomic E-state index is 5.49. The summed E-state index contributed by atoms with van der Waals surface area (Å²) < 4.78 is 0. The number of thiocarbonyl (C=S) groups is 1. The smallest absolute Gasteiger partial charge is 0.227 e. The van der Waals surface area contributed by atoms with Gasteiger partial charge in [0.25, 0.3) is 0 Å². The molecular formula is C22H24N6S. The first-order valence-electron chi connectivity index (χ1n) is 9.60. The third-order valence-corrected chi connectivity index (χ3v) is 5.06. The molecule has 3 heterocycles. The number of aryl methyl sites for hydroxylation is 1. The van der Waals surface area contributed by atoms with Crippen LogP contribution < -0.4 is 10.6 Å². The van der Waals surface area contributed by atoms with Crippen molar-refractivity contribution in [2.45, 2.75) is 19.8 Å². The summed E-state index contributed by atoms with van der Waals surface area (Å²) in [4.78, 5) is 16.6. The Morgan fingerprint density at radius 3 is 2.86 bits per heavy atom. The van der Waals surface area contributed by atoms with Crippen LogP contribution in [0.15, 0.2) is 42.9 Å². The second kappa shape index (κ2) is 8.23. The van der Waals surface area contributed by atoms with Gasteiger partial charge < -0.3 is 15.5 Å². The van der Waals surface area contributed by atoms with Gasteiger partial charge in [-0.3, -0.25) is 4.98 Å². The fourth-order valence-electron chi connectivity index (χ4n) is 3.34. The highest BCUT2D eigenvalue weighted by molar-refractivity contribution is 7.80. The summed E-state index contributed by atoms with van der Waals surface area (Å²) in [5.74, 6) is 0.551. The zero-order chi connectivity index (χ0) is 20.4. The lowest BCUT2D eigenvalue weighted by Crippen LogP contribution is -2.15. The molecule has 0 aliphatic carbocycles. The normalized spacial score (nSPS) is 12.8. The monoisotopic (exact) mass is 404 g/mol. The minimum atomic E-state index is 0.551. The summed E-state index contributed by atoms with van der Waals surface area (Å²) >= 11 is 5.49. The van der Waals surface area contributed by atoms with Crippen LogP contribution >= 0.6 is 12.2 Å². The summed E-state index contributed by atoms with van der Waals surface area (Å²) in [6.45, 7) is 3.05. The van der Waals surface area contributed by atoms with Crippen molar-refractivity contribution in [3.8, 4) is 11.3 Å². The molecule has 1 aliphatic rings. The number of fused-ring (bicyclic) bond motifs is 3. The molecule has 0 atom stereocenters. The fourth-order valence-corrected chi connectivity index (χ4v) is 3.60. The van der Waals surface area contributed by atoms with E-state index >= 15 is 0 Å². The number of nitrogens with zero attached hydrogens (tertiary/aromatic N) is 4. The van der Waals surface area contributed by atoms with Gasteiger partial charge in [0.2, 0.25) is 5.95 Å². The largest absolute Gasteiger partial charge is 0.349 e. The number of likely N-dealkylation sites (N-methyl/N-ethyl adjacent to an activating group) is 1. The minimum Gasteiger partial charge on any atom is -0.349 e. The molecule has 148 valence electrons. The second-order valence-corrected chi connectivity index (χ2v) is 8.09. The van der Waals surface area contributed by atoms with Gasteiger partial charge in [-0.2, -0.15) is 0 Å². The number of pyridine rings is 1. The van der Waals surface area contributed by atoms with E-state index in [-0.39, 0.29) is 0 Å². The van der Waals surface area contributed by atoms with E-state index in [1.165, 1.54) is 11.1 Å². The summed E-state index contributed by atoms with van der Waals surface area (Å²) in [5, 5.41) is 6.64. The van der Waals surface area contributed by atoms with Gasteiger partial charge >= 0.3 is 0 Å². The maximum absolute atomic E-state index is 5.49. The number of nitrogens with one attached hydrogen (secondary N) is 2. The van der Waals surface area contributed by atoms with Gasteiger partial charge in [0.1, 0.15) is 0 Å². The molecule has 4 rings (SSSR count). The first kappa shape index (κ1) is 19.4. The van der Waals surface area contributed by atoms with Crippen molar-refractivity contribution in [3.05, 3.63) is 59.5 Å². The maximum Gasteiger partial charge on any atom is 0.227 e. The Balaban J connectivity index is 1.64. The van der Waals surface area contributed by atoms with Crippen molar-refractivity contribution in [1.82, 2.24) is 19.9 Å². The van der Waals surface area contributed by atoms with Gasteiger partial charge in [-0.15, -0.1) is 0 Å². The van der Waals surface area contributed by atoms with Gasteiger partial charge in [-0.1, -0.05) is 24.4 Å². The summed E-state index contributed by atoms with van der Waals surface area (Å²) in [6.07, 6.45) is 7.12. The van der Waals surface area contributed by atoms with Gasteiger partial charge in [-0.05, 0) is 50.7 Å². The predicted molar refractivity (Wildman–Crippen MR) is 122 cm³/mol. The Labute approximate surface area is 176 Å². The number of anilines is 3. The van der Waals surface area contributed by atoms with Gasteiger partial charge in [0.05, 0.1) is 22.6 Å². The molecule has 0 unspecified atom stereocenters. The number of aromatic nitrogens is 3. The van der Waals surface area contributed by atoms with Crippen LogP contribution in [0.2, 0.25) is 0 Å². The van der Waals surface area contributed by atoms with Crippen LogP contribution in [-0.2, 0) is 12.8 Å². The molecule has 0 bridgehead atoms. The minimum absolute atomic E-state index is 0.551. The van der Waals surface area contributed by atoms with Crippen molar-refractivity contribution < 1.29 is 0 Å². The predicted octanol–water partition coefficient (Wildman–Crippen LogP) is 3.99. The second-order valence-electron chi connectivity index (χ2n) is 7.60. The summed E-state index contributed by atoms with van der Waals surface area (Å²) in [7, 11) is 4.14. The SMILES string of the molecule is Cc1ccc2c(c1)NC(=S)Cc1cnc(Nc3cncc(CCN(C)C)c3)nc1-2. The molecule has 1 aromatic carbocycles. The molecule has 2 N–H and O–H groups in total. The van der Waals surface area contributed by atoms with Crippen molar-refractivity contribution in [2.75, 3.05) is 31.3 Å². The van der Waals surface area contributed by atoms with Gasteiger partial charge in [0.15, 0.2) is 0 Å². The number of rotatable bonds is 5. The van der Waals surface area contributed by atoms with Crippen LogP contribution in [-0.4, -0.2) is 45.5 Å². The Bertz CT molecular complexity index is 1060. The molecule has 0 radical (unpaired) electrons. The third-order valence-electron chi connectivity index (χ3n) is 4.82. The molecule has 29 heavy (non-hydrogen) atoms. The number of hydrogen-bond acceptors (Lipinski definition) is 6. The first-order valence-corrected chi connectivity index (χ1v) is 10.0. The van der Waals surface area contributed by atoms with Crippen LogP contribution in [0.3, 0.4) is 0 Å². The molecule has 6 nitrogen and oxygen atoms in total. The molecule has 0 saturated heterocycles. The highest BCUT2D eigenvalue weighted by atomic mass is 32.1. The molecule has 2 aromatic heterocycles. The molecule has 7 heteroatoms. The highest BCUT2D eigenvalue weighted by Crippen LogP contribution is 2.34. The molecule has 1 aliphatic heterocycles. The Morgan fingerprint density at radius 2 is 2.03 bits per heavy atom. The van der Waals surface area contributed by atoms with Crippen molar-refractivity contribution in [2.24, 2.45) is 0 Å². The van der Waals surface area contributed by atoms with E-state index in [2.05, 4.69) is 70.8 Å². The lowest BCUT2D eigenvalue weighted by molar-refractivity contribution is 0.413. The molecule has 3 aromatic rings. The van der Waals surface area contributed by atoms with E-state index in [9.17, 15) is 0 Å². The lowest BCUT2D eigenvalue weighted by Gasteiger charge is -2.12. The highest BCUT2D eigenvalue weighted by Gasteiger charge is 2.19. The van der Waals surface area contributed by atoms with Gasteiger partial charge in [-0.25, -0.2) is 9.97 Å². The number of hydrogen-bond donors (Lipinski definition) is 2. The van der Waals surface area contributed by atoms with Crippen LogP contribution in [0.1, 0.15) is 16.7 Å². The Hall–Kier alpha value is -2.90. The van der Waals surface area contributed by atoms with E-state index in [0.717, 1.165) is 46.1 Å².